The number of aromatic nitrogens is 1. The first-order valence-corrected chi connectivity index (χ1v) is 7.44. The van der Waals surface area contributed by atoms with Gasteiger partial charge in [0.2, 0.25) is 10.0 Å². The summed E-state index contributed by atoms with van der Waals surface area (Å²) in [5.74, 6) is -1.42. The van der Waals surface area contributed by atoms with Gasteiger partial charge in [-0.15, -0.1) is 0 Å². The van der Waals surface area contributed by atoms with Crippen molar-refractivity contribution in [2.75, 3.05) is 19.6 Å². The highest BCUT2D eigenvalue weighted by molar-refractivity contribution is 7.88. The standard InChI is InChI=1S/C11H15N3O4S/c15-11(16)10-7-12-5-6-14(10)19(17,18)8-9-3-1-2-4-13-9/h1-4,10,12H,5-8H2,(H,15,16)/t10-/m0/s1. The Hall–Kier alpha value is -1.51. The third kappa shape index (κ3) is 3.28. The second-order valence-electron chi connectivity index (χ2n) is 4.25. The van der Waals surface area contributed by atoms with Crippen molar-refractivity contribution >= 4 is 16.0 Å². The van der Waals surface area contributed by atoms with E-state index in [-0.39, 0.29) is 18.8 Å². The van der Waals surface area contributed by atoms with Crippen LogP contribution in [0.4, 0.5) is 0 Å². The van der Waals surface area contributed by atoms with E-state index in [1.165, 1.54) is 6.20 Å². The fourth-order valence-electron chi connectivity index (χ4n) is 1.98. The molecule has 1 aromatic heterocycles. The van der Waals surface area contributed by atoms with E-state index in [0.29, 0.717) is 12.2 Å². The first-order chi connectivity index (χ1) is 9.00. The molecule has 0 unspecified atom stereocenters. The van der Waals surface area contributed by atoms with Crippen LogP contribution in [0.1, 0.15) is 5.69 Å². The molecule has 1 atom stereocenters. The van der Waals surface area contributed by atoms with Crippen molar-refractivity contribution in [3.8, 4) is 0 Å². The lowest BCUT2D eigenvalue weighted by Gasteiger charge is -2.32. The number of sulfonamides is 1. The molecule has 104 valence electrons. The zero-order valence-electron chi connectivity index (χ0n) is 10.2. The van der Waals surface area contributed by atoms with Crippen LogP contribution in [0.2, 0.25) is 0 Å². The normalized spacial score (nSPS) is 21.2. The second-order valence-corrected chi connectivity index (χ2v) is 6.17. The van der Waals surface area contributed by atoms with Gasteiger partial charge in [-0.2, -0.15) is 4.31 Å². The van der Waals surface area contributed by atoms with Crippen LogP contribution in [0.25, 0.3) is 0 Å². The van der Waals surface area contributed by atoms with E-state index in [0.717, 1.165) is 4.31 Å². The summed E-state index contributed by atoms with van der Waals surface area (Å²) in [4.78, 5) is 15.1. The van der Waals surface area contributed by atoms with E-state index >= 15 is 0 Å². The number of nitrogens with one attached hydrogen (secondary N) is 1. The van der Waals surface area contributed by atoms with Crippen molar-refractivity contribution in [2.24, 2.45) is 0 Å². The molecule has 0 bridgehead atoms. The van der Waals surface area contributed by atoms with Crippen molar-refractivity contribution in [1.82, 2.24) is 14.6 Å². The van der Waals surface area contributed by atoms with Crippen LogP contribution in [0, 0.1) is 0 Å². The molecule has 0 aliphatic carbocycles. The summed E-state index contributed by atoms with van der Waals surface area (Å²) in [6.07, 6.45) is 1.51. The van der Waals surface area contributed by atoms with E-state index in [1.54, 1.807) is 18.2 Å². The molecule has 19 heavy (non-hydrogen) atoms. The molecular formula is C11H15N3O4S. The van der Waals surface area contributed by atoms with Crippen LogP contribution >= 0.6 is 0 Å². The van der Waals surface area contributed by atoms with Gasteiger partial charge in [-0.3, -0.25) is 9.78 Å². The zero-order valence-corrected chi connectivity index (χ0v) is 11.0. The molecule has 2 heterocycles. The summed E-state index contributed by atoms with van der Waals surface area (Å²) in [6, 6.07) is 3.95. The minimum absolute atomic E-state index is 0.122. The first-order valence-electron chi connectivity index (χ1n) is 5.83. The van der Waals surface area contributed by atoms with Gasteiger partial charge in [0.15, 0.2) is 0 Å². The number of pyridine rings is 1. The van der Waals surface area contributed by atoms with Crippen LogP contribution < -0.4 is 5.32 Å². The molecule has 2 rings (SSSR count). The Morgan fingerprint density at radius 1 is 1.53 bits per heavy atom. The Morgan fingerprint density at radius 3 is 2.95 bits per heavy atom. The number of hydrogen-bond acceptors (Lipinski definition) is 5. The molecule has 0 spiro atoms. The number of carboxylic acid groups (broad SMARTS) is 1. The lowest BCUT2D eigenvalue weighted by Crippen LogP contribution is -2.57. The number of hydrogen-bond donors (Lipinski definition) is 2. The highest BCUT2D eigenvalue weighted by Crippen LogP contribution is 2.14. The fraction of sp³-hybridized carbons (Fsp3) is 0.455. The van der Waals surface area contributed by atoms with Crippen molar-refractivity contribution in [3.63, 3.8) is 0 Å². The molecule has 0 radical (unpaired) electrons. The van der Waals surface area contributed by atoms with Crippen molar-refractivity contribution < 1.29 is 18.3 Å². The molecule has 1 aliphatic heterocycles. The predicted octanol–water partition coefficient (Wildman–Crippen LogP) is -0.730. The number of piperazine rings is 1. The minimum atomic E-state index is -3.68. The predicted molar refractivity (Wildman–Crippen MR) is 67.9 cm³/mol. The lowest BCUT2D eigenvalue weighted by molar-refractivity contribution is -0.141. The monoisotopic (exact) mass is 285 g/mol. The van der Waals surface area contributed by atoms with Gasteiger partial charge in [0.25, 0.3) is 0 Å². The van der Waals surface area contributed by atoms with Crippen LogP contribution in [0.3, 0.4) is 0 Å². The second kappa shape index (κ2) is 5.64. The third-order valence-corrected chi connectivity index (χ3v) is 4.71. The average molecular weight is 285 g/mol. The van der Waals surface area contributed by atoms with Gasteiger partial charge in [0.1, 0.15) is 11.8 Å². The molecule has 1 aromatic rings. The fourth-order valence-corrected chi connectivity index (χ4v) is 3.61. The lowest BCUT2D eigenvalue weighted by atomic mass is 10.2. The van der Waals surface area contributed by atoms with Crippen LogP contribution in [0.5, 0.6) is 0 Å². The molecule has 0 amide bonds. The Kier molecular flexibility index (Phi) is 4.13. The molecule has 0 aromatic carbocycles. The summed E-state index contributed by atoms with van der Waals surface area (Å²) in [5.41, 5.74) is 0.408. The van der Waals surface area contributed by atoms with E-state index in [2.05, 4.69) is 10.3 Å². The Morgan fingerprint density at radius 2 is 2.32 bits per heavy atom. The van der Waals surface area contributed by atoms with E-state index in [9.17, 15) is 13.2 Å². The summed E-state index contributed by atoms with van der Waals surface area (Å²) in [6.45, 7) is 0.730. The molecule has 7 nitrogen and oxygen atoms in total. The molecular weight excluding hydrogens is 270 g/mol. The summed E-state index contributed by atoms with van der Waals surface area (Å²) in [5, 5.41) is 12.0. The molecule has 1 fully saturated rings. The maximum absolute atomic E-state index is 12.3. The van der Waals surface area contributed by atoms with Crippen LogP contribution in [-0.2, 0) is 20.6 Å². The van der Waals surface area contributed by atoms with E-state index < -0.39 is 22.0 Å². The van der Waals surface area contributed by atoms with Gasteiger partial charge in [0.05, 0.1) is 5.69 Å². The molecule has 1 aliphatic rings. The highest BCUT2D eigenvalue weighted by Gasteiger charge is 2.36. The molecule has 0 saturated carbocycles. The maximum atomic E-state index is 12.3. The summed E-state index contributed by atoms with van der Waals surface area (Å²) >= 11 is 0. The first kappa shape index (κ1) is 13.9. The highest BCUT2D eigenvalue weighted by atomic mass is 32.2. The number of aliphatic carboxylic acids is 1. The van der Waals surface area contributed by atoms with Gasteiger partial charge in [-0.25, -0.2) is 8.42 Å². The van der Waals surface area contributed by atoms with Gasteiger partial charge >= 0.3 is 5.97 Å². The molecule has 2 N–H and O–H groups in total. The zero-order chi connectivity index (χ0) is 13.9. The van der Waals surface area contributed by atoms with E-state index in [4.69, 9.17) is 5.11 Å². The minimum Gasteiger partial charge on any atom is -0.480 e. The number of nitrogens with zero attached hydrogens (tertiary/aromatic N) is 2. The topological polar surface area (TPSA) is 99.6 Å². The van der Waals surface area contributed by atoms with Gasteiger partial charge in [-0.1, -0.05) is 6.07 Å². The van der Waals surface area contributed by atoms with Gasteiger partial charge < -0.3 is 10.4 Å². The maximum Gasteiger partial charge on any atom is 0.323 e. The van der Waals surface area contributed by atoms with Crippen molar-refractivity contribution in [1.29, 1.82) is 0 Å². The Labute approximate surface area is 111 Å². The summed E-state index contributed by atoms with van der Waals surface area (Å²) in [7, 11) is -3.68. The number of carboxylic acids is 1. The third-order valence-electron chi connectivity index (χ3n) is 2.89. The Balaban J connectivity index is 2.20. The average Bonchev–Trinajstić information content (AvgIpc) is 2.39. The van der Waals surface area contributed by atoms with Gasteiger partial charge in [-0.05, 0) is 12.1 Å². The van der Waals surface area contributed by atoms with Gasteiger partial charge in [0, 0.05) is 25.8 Å². The Bertz CT molecular complexity index is 546. The van der Waals surface area contributed by atoms with Crippen molar-refractivity contribution in [3.05, 3.63) is 30.1 Å². The number of rotatable bonds is 4. The SMILES string of the molecule is O=C(O)[C@@H]1CNCCN1S(=O)(=O)Cc1ccccn1. The largest absolute Gasteiger partial charge is 0.480 e. The van der Waals surface area contributed by atoms with Crippen LogP contribution in [-0.4, -0.2) is 54.5 Å². The smallest absolute Gasteiger partial charge is 0.323 e. The molecule has 1 saturated heterocycles. The quantitative estimate of drug-likeness (QED) is 0.756. The number of carbonyl (C=O) groups is 1. The van der Waals surface area contributed by atoms with Crippen LogP contribution in [0.15, 0.2) is 24.4 Å². The summed E-state index contributed by atoms with van der Waals surface area (Å²) < 4.78 is 25.6. The molecule has 8 heteroatoms. The van der Waals surface area contributed by atoms with E-state index in [1.807, 2.05) is 0 Å². The van der Waals surface area contributed by atoms with Crippen molar-refractivity contribution in [2.45, 2.75) is 11.8 Å².